The Balaban J connectivity index is 2.02. The highest BCUT2D eigenvalue weighted by molar-refractivity contribution is 6.21. The number of benzene rings is 2. The van der Waals surface area contributed by atoms with Gasteiger partial charge in [-0.2, -0.15) is 0 Å². The molecule has 2 aromatic carbocycles. The van der Waals surface area contributed by atoms with Crippen LogP contribution in [-0.2, 0) is 4.74 Å². The van der Waals surface area contributed by atoms with Crippen LogP contribution in [0.25, 0.3) is 0 Å². The van der Waals surface area contributed by atoms with Crippen LogP contribution in [0, 0.1) is 0 Å². The minimum absolute atomic E-state index is 0.290. The largest absolute Gasteiger partial charge is 0.493 e. The van der Waals surface area contributed by atoms with Gasteiger partial charge in [0.15, 0.2) is 11.5 Å². The minimum atomic E-state index is -0.456. The molecule has 136 valence electrons. The van der Waals surface area contributed by atoms with Crippen LogP contribution < -0.4 is 9.47 Å². The van der Waals surface area contributed by atoms with E-state index in [1.807, 2.05) is 6.07 Å². The molecule has 0 radical (unpaired) electrons. The average Bonchev–Trinajstić information content (AvgIpc) is 2.93. The molecular weight excluding hydrogens is 334 g/mol. The summed E-state index contributed by atoms with van der Waals surface area (Å²) in [4.78, 5) is 27.1. The zero-order valence-corrected chi connectivity index (χ0v) is 15.0. The summed E-state index contributed by atoms with van der Waals surface area (Å²) in [5.74, 6) is 0.552. The van der Waals surface area contributed by atoms with Gasteiger partial charge >= 0.3 is 0 Å². The summed E-state index contributed by atoms with van der Waals surface area (Å²) in [5.41, 5.74) is 1.65. The summed E-state index contributed by atoms with van der Waals surface area (Å²) in [6.45, 7) is 0.409. The summed E-state index contributed by atoms with van der Waals surface area (Å²) in [7, 11) is 4.70. The molecular formula is C20H21NO5. The van der Waals surface area contributed by atoms with Crippen LogP contribution >= 0.6 is 0 Å². The summed E-state index contributed by atoms with van der Waals surface area (Å²) in [5, 5.41) is 0. The Hall–Kier alpha value is -2.86. The normalized spacial score (nSPS) is 14.3. The van der Waals surface area contributed by atoms with Gasteiger partial charge in [-0.15, -0.1) is 0 Å². The van der Waals surface area contributed by atoms with Crippen LogP contribution in [0.2, 0.25) is 0 Å². The Bertz CT molecular complexity index is 798. The predicted octanol–water partition coefficient (Wildman–Crippen LogP) is 3.08. The van der Waals surface area contributed by atoms with E-state index in [0.29, 0.717) is 35.7 Å². The molecule has 2 aromatic rings. The van der Waals surface area contributed by atoms with Crippen molar-refractivity contribution in [2.45, 2.75) is 12.5 Å². The monoisotopic (exact) mass is 355 g/mol. The highest BCUT2D eigenvalue weighted by Crippen LogP contribution is 2.37. The molecule has 1 heterocycles. The molecule has 6 heteroatoms. The Labute approximate surface area is 152 Å². The van der Waals surface area contributed by atoms with Gasteiger partial charge in [0.1, 0.15) is 0 Å². The van der Waals surface area contributed by atoms with Crippen molar-refractivity contribution in [2.75, 3.05) is 27.9 Å². The van der Waals surface area contributed by atoms with Crippen LogP contribution in [0.4, 0.5) is 0 Å². The van der Waals surface area contributed by atoms with Gasteiger partial charge in [0, 0.05) is 13.7 Å². The molecule has 1 aliphatic heterocycles. The van der Waals surface area contributed by atoms with E-state index >= 15 is 0 Å². The Kier molecular flexibility index (Phi) is 5.23. The van der Waals surface area contributed by atoms with Crippen molar-refractivity contribution in [1.29, 1.82) is 0 Å². The van der Waals surface area contributed by atoms with Crippen LogP contribution in [0.5, 0.6) is 11.5 Å². The number of hydrogen-bond acceptors (Lipinski definition) is 5. The number of carbonyl (C=O) groups excluding carboxylic acids is 2. The molecule has 0 spiro atoms. The number of methoxy groups -OCH3 is 3. The number of imide groups is 1. The van der Waals surface area contributed by atoms with Crippen molar-refractivity contribution in [3.63, 3.8) is 0 Å². The lowest BCUT2D eigenvalue weighted by atomic mass is 10.0. The van der Waals surface area contributed by atoms with Gasteiger partial charge in [-0.25, -0.2) is 0 Å². The summed E-state index contributed by atoms with van der Waals surface area (Å²) < 4.78 is 15.8. The molecule has 0 aromatic heterocycles. The number of hydrogen-bond donors (Lipinski definition) is 0. The van der Waals surface area contributed by atoms with Crippen molar-refractivity contribution in [3.8, 4) is 11.5 Å². The Morgan fingerprint density at radius 2 is 1.50 bits per heavy atom. The zero-order valence-electron chi connectivity index (χ0n) is 15.0. The molecule has 6 nitrogen and oxygen atoms in total. The maximum atomic E-state index is 12.9. The molecule has 0 aliphatic carbocycles. The third kappa shape index (κ3) is 3.04. The second-order valence-electron chi connectivity index (χ2n) is 5.94. The van der Waals surface area contributed by atoms with E-state index in [0.717, 1.165) is 5.56 Å². The lowest BCUT2D eigenvalue weighted by Gasteiger charge is -2.27. The van der Waals surface area contributed by atoms with E-state index in [1.54, 1.807) is 57.7 Å². The molecule has 3 rings (SSSR count). The lowest BCUT2D eigenvalue weighted by Crippen LogP contribution is -2.34. The lowest BCUT2D eigenvalue weighted by molar-refractivity contribution is 0.0545. The van der Waals surface area contributed by atoms with Gasteiger partial charge in [0.25, 0.3) is 11.8 Å². The third-order valence-corrected chi connectivity index (χ3v) is 4.52. The molecule has 0 saturated heterocycles. The predicted molar refractivity (Wildman–Crippen MR) is 95.7 cm³/mol. The average molecular weight is 355 g/mol. The molecule has 26 heavy (non-hydrogen) atoms. The maximum absolute atomic E-state index is 12.9. The fourth-order valence-electron chi connectivity index (χ4n) is 3.23. The first-order chi connectivity index (χ1) is 12.6. The summed E-state index contributed by atoms with van der Waals surface area (Å²) in [6.07, 6.45) is 0.484. The zero-order chi connectivity index (χ0) is 18.7. The van der Waals surface area contributed by atoms with Gasteiger partial charge in [-0.3, -0.25) is 14.5 Å². The van der Waals surface area contributed by atoms with E-state index in [4.69, 9.17) is 14.2 Å². The third-order valence-electron chi connectivity index (χ3n) is 4.52. The molecule has 1 unspecified atom stereocenters. The first-order valence-corrected chi connectivity index (χ1v) is 8.30. The van der Waals surface area contributed by atoms with Crippen molar-refractivity contribution in [1.82, 2.24) is 4.90 Å². The van der Waals surface area contributed by atoms with Crippen LogP contribution in [-0.4, -0.2) is 44.7 Å². The highest BCUT2D eigenvalue weighted by atomic mass is 16.5. The van der Waals surface area contributed by atoms with Gasteiger partial charge in [-0.1, -0.05) is 18.2 Å². The van der Waals surface area contributed by atoms with Crippen molar-refractivity contribution < 1.29 is 23.8 Å². The number of fused-ring (bicyclic) bond motifs is 1. The maximum Gasteiger partial charge on any atom is 0.262 e. The molecule has 1 aliphatic rings. The van der Waals surface area contributed by atoms with E-state index in [-0.39, 0.29) is 11.8 Å². The number of ether oxygens (including phenoxy) is 3. The molecule has 0 fully saturated rings. The quantitative estimate of drug-likeness (QED) is 0.714. The van der Waals surface area contributed by atoms with Crippen LogP contribution in [0.1, 0.15) is 38.7 Å². The van der Waals surface area contributed by atoms with Gasteiger partial charge in [-0.05, 0) is 36.2 Å². The van der Waals surface area contributed by atoms with Gasteiger partial charge in [0.2, 0.25) is 0 Å². The van der Waals surface area contributed by atoms with Crippen molar-refractivity contribution in [2.24, 2.45) is 0 Å². The molecule has 1 atom stereocenters. The smallest absolute Gasteiger partial charge is 0.262 e. The molecule has 0 saturated carbocycles. The number of carbonyl (C=O) groups is 2. The SMILES string of the molecule is COCCC(c1ccc(OC)c(OC)c1)N1C(=O)c2ccccc2C1=O. The number of amides is 2. The van der Waals surface area contributed by atoms with E-state index in [1.165, 1.54) is 4.90 Å². The van der Waals surface area contributed by atoms with Crippen molar-refractivity contribution >= 4 is 11.8 Å². The fourth-order valence-corrected chi connectivity index (χ4v) is 3.23. The summed E-state index contributed by atoms with van der Waals surface area (Å²) in [6, 6.07) is 11.8. The van der Waals surface area contributed by atoms with Crippen molar-refractivity contribution in [3.05, 3.63) is 59.2 Å². The second-order valence-corrected chi connectivity index (χ2v) is 5.94. The highest BCUT2D eigenvalue weighted by Gasteiger charge is 2.40. The first kappa shape index (κ1) is 17.9. The number of nitrogens with zero attached hydrogens (tertiary/aromatic N) is 1. The molecule has 0 bridgehead atoms. The minimum Gasteiger partial charge on any atom is -0.493 e. The standard InChI is InChI=1S/C20H21NO5/c1-24-11-10-16(13-8-9-17(25-2)18(12-13)26-3)21-19(22)14-6-4-5-7-15(14)20(21)23/h4-9,12,16H,10-11H2,1-3H3. The van der Waals surface area contributed by atoms with E-state index in [2.05, 4.69) is 0 Å². The van der Waals surface area contributed by atoms with Gasteiger partial charge < -0.3 is 14.2 Å². The fraction of sp³-hybridized carbons (Fsp3) is 0.300. The molecule has 2 amide bonds. The Morgan fingerprint density at radius 3 is 2.04 bits per heavy atom. The first-order valence-electron chi connectivity index (χ1n) is 8.30. The van der Waals surface area contributed by atoms with Crippen LogP contribution in [0.15, 0.2) is 42.5 Å². The number of rotatable bonds is 7. The van der Waals surface area contributed by atoms with E-state index in [9.17, 15) is 9.59 Å². The molecule has 0 N–H and O–H groups in total. The van der Waals surface area contributed by atoms with Gasteiger partial charge in [0.05, 0.1) is 31.4 Å². The Morgan fingerprint density at radius 1 is 0.885 bits per heavy atom. The summed E-state index contributed by atoms with van der Waals surface area (Å²) >= 11 is 0. The topological polar surface area (TPSA) is 65.1 Å². The van der Waals surface area contributed by atoms with E-state index < -0.39 is 6.04 Å². The van der Waals surface area contributed by atoms with Crippen LogP contribution in [0.3, 0.4) is 0 Å². The second kappa shape index (κ2) is 7.58.